The second-order valence-corrected chi connectivity index (χ2v) is 10.2. The van der Waals surface area contributed by atoms with Gasteiger partial charge >= 0.3 is 18.5 Å². The summed E-state index contributed by atoms with van der Waals surface area (Å²) in [6, 6.07) is 10.4. The molecule has 1 aromatic heterocycles. The molecule has 0 bridgehead atoms. The highest BCUT2D eigenvalue weighted by atomic mass is 19.4. The topological polar surface area (TPSA) is 57.9 Å². The van der Waals surface area contributed by atoms with Crippen LogP contribution in [-0.4, -0.2) is 30.7 Å². The summed E-state index contributed by atoms with van der Waals surface area (Å²) in [7, 11) is 0. The van der Waals surface area contributed by atoms with E-state index in [4.69, 9.17) is 13.9 Å². The molecule has 3 unspecified atom stereocenters. The monoisotopic (exact) mass is 584 g/mol. The van der Waals surface area contributed by atoms with Gasteiger partial charge in [0, 0.05) is 17.5 Å². The largest absolute Gasteiger partial charge is 0.573 e. The zero-order valence-corrected chi connectivity index (χ0v) is 22.5. The van der Waals surface area contributed by atoms with Crippen LogP contribution in [0.3, 0.4) is 0 Å². The van der Waals surface area contributed by atoms with Crippen molar-refractivity contribution in [3.05, 3.63) is 60.7 Å². The average molecular weight is 585 g/mol. The third-order valence-corrected chi connectivity index (χ3v) is 7.44. The molecule has 222 valence electrons. The second kappa shape index (κ2) is 11.7. The third kappa shape index (κ3) is 6.65. The summed E-state index contributed by atoms with van der Waals surface area (Å²) in [5, 5.41) is 0.500. The van der Waals surface area contributed by atoms with Gasteiger partial charge in [-0.05, 0) is 68.5 Å². The number of carbonyl (C=O) groups is 1. The van der Waals surface area contributed by atoms with Crippen LogP contribution in [0.5, 0.6) is 11.5 Å². The van der Waals surface area contributed by atoms with Gasteiger partial charge in [0.15, 0.2) is 0 Å². The van der Waals surface area contributed by atoms with Gasteiger partial charge in [-0.1, -0.05) is 32.4 Å². The Balaban J connectivity index is 1.62. The van der Waals surface area contributed by atoms with Gasteiger partial charge in [-0.2, -0.15) is 13.2 Å². The van der Waals surface area contributed by atoms with Crippen molar-refractivity contribution in [3.63, 3.8) is 0 Å². The SMILES string of the molecule is C=CC(=O)OC1CCC(Oc2ccc3cc(-c4ccc(CCCCC)cc4OC(F)(F)F)oc3c2)C1(C)C(F)(F)F. The predicted molar refractivity (Wildman–Crippen MR) is 139 cm³/mol. The Kier molecular flexibility index (Phi) is 8.65. The predicted octanol–water partition coefficient (Wildman–Crippen LogP) is 8.94. The fraction of sp³-hybridized carbons (Fsp3) is 0.433. The first-order valence-electron chi connectivity index (χ1n) is 13.2. The molecule has 0 saturated heterocycles. The number of benzene rings is 2. The highest BCUT2D eigenvalue weighted by molar-refractivity contribution is 5.85. The number of hydrogen-bond acceptors (Lipinski definition) is 5. The summed E-state index contributed by atoms with van der Waals surface area (Å²) >= 11 is 0. The summed E-state index contributed by atoms with van der Waals surface area (Å²) in [6.07, 6.45) is -8.48. The van der Waals surface area contributed by atoms with Crippen molar-refractivity contribution >= 4 is 16.9 Å². The van der Waals surface area contributed by atoms with Gasteiger partial charge in [0.05, 0.1) is 5.56 Å². The minimum Gasteiger partial charge on any atom is -0.489 e. The van der Waals surface area contributed by atoms with Crippen molar-refractivity contribution in [2.45, 2.75) is 77.1 Å². The molecule has 11 heteroatoms. The molecule has 0 radical (unpaired) electrons. The van der Waals surface area contributed by atoms with Crippen LogP contribution in [0.2, 0.25) is 0 Å². The number of esters is 1. The quantitative estimate of drug-likeness (QED) is 0.103. The number of halogens is 6. The number of alkyl halides is 6. The van der Waals surface area contributed by atoms with Crippen molar-refractivity contribution < 1.29 is 49.8 Å². The van der Waals surface area contributed by atoms with Crippen LogP contribution >= 0.6 is 0 Å². The van der Waals surface area contributed by atoms with Gasteiger partial charge in [-0.3, -0.25) is 0 Å². The van der Waals surface area contributed by atoms with E-state index >= 15 is 0 Å². The number of unbranched alkanes of at least 4 members (excludes halogenated alkanes) is 2. The number of aryl methyl sites for hydroxylation is 1. The maximum atomic E-state index is 14.2. The lowest BCUT2D eigenvalue weighted by Crippen LogP contribution is -2.51. The van der Waals surface area contributed by atoms with E-state index in [1.54, 1.807) is 6.07 Å². The summed E-state index contributed by atoms with van der Waals surface area (Å²) < 4.78 is 103. The molecule has 0 aliphatic heterocycles. The molecule has 4 rings (SSSR count). The van der Waals surface area contributed by atoms with Gasteiger partial charge in [-0.15, -0.1) is 13.2 Å². The maximum Gasteiger partial charge on any atom is 0.573 e. The number of fused-ring (bicyclic) bond motifs is 1. The molecule has 0 amide bonds. The zero-order chi connectivity index (χ0) is 30.0. The minimum atomic E-state index is -4.92. The lowest BCUT2D eigenvalue weighted by atomic mass is 9.83. The Morgan fingerprint density at radius 3 is 2.44 bits per heavy atom. The van der Waals surface area contributed by atoms with E-state index < -0.39 is 41.9 Å². The number of hydrogen-bond donors (Lipinski definition) is 0. The van der Waals surface area contributed by atoms with E-state index in [-0.39, 0.29) is 35.5 Å². The zero-order valence-electron chi connectivity index (χ0n) is 22.5. The lowest BCUT2D eigenvalue weighted by molar-refractivity contribution is -0.274. The molecule has 1 aliphatic rings. The van der Waals surface area contributed by atoms with E-state index in [0.717, 1.165) is 32.3 Å². The first-order chi connectivity index (χ1) is 19.2. The van der Waals surface area contributed by atoms with Crippen molar-refractivity contribution in [3.8, 4) is 22.8 Å². The fourth-order valence-electron chi connectivity index (χ4n) is 5.12. The maximum absolute atomic E-state index is 14.2. The van der Waals surface area contributed by atoms with E-state index in [2.05, 4.69) is 11.3 Å². The summed E-state index contributed by atoms with van der Waals surface area (Å²) in [5.41, 5.74) is -1.52. The van der Waals surface area contributed by atoms with E-state index in [1.807, 2.05) is 6.92 Å². The first-order valence-corrected chi connectivity index (χ1v) is 13.2. The summed E-state index contributed by atoms with van der Waals surface area (Å²) in [5.74, 6) is -1.21. The summed E-state index contributed by atoms with van der Waals surface area (Å²) in [4.78, 5) is 11.7. The molecule has 0 spiro atoms. The standard InChI is InChI=1S/C30H30F6O5/c1-4-6-7-8-18-9-12-21(24(15-18)41-30(34,35)36)23-16-19-10-11-20(17-22(19)39-23)38-25-13-14-26(40-27(37)5-2)28(25,3)29(31,32)33/h5,9-12,15-17,25-26H,2,4,6-8,13-14H2,1,3H3. The molecule has 0 N–H and O–H groups in total. The Bertz CT molecular complexity index is 1390. The molecular formula is C30H30F6O5. The smallest absolute Gasteiger partial charge is 0.489 e. The van der Waals surface area contributed by atoms with Crippen LogP contribution in [0, 0.1) is 5.41 Å². The number of rotatable bonds is 10. The van der Waals surface area contributed by atoms with Gasteiger partial charge < -0.3 is 18.6 Å². The molecule has 1 aliphatic carbocycles. The van der Waals surface area contributed by atoms with Crippen LogP contribution < -0.4 is 9.47 Å². The number of carbonyl (C=O) groups excluding carboxylic acids is 1. The van der Waals surface area contributed by atoms with Gasteiger partial charge in [0.25, 0.3) is 0 Å². The molecular weight excluding hydrogens is 554 g/mol. The first kappa shape index (κ1) is 30.3. The highest BCUT2D eigenvalue weighted by Gasteiger charge is 2.66. The van der Waals surface area contributed by atoms with Crippen molar-refractivity contribution in [1.29, 1.82) is 0 Å². The molecule has 1 heterocycles. The Labute approximate surface area is 233 Å². The van der Waals surface area contributed by atoms with E-state index in [0.29, 0.717) is 17.4 Å². The minimum absolute atomic E-state index is 0.0325. The van der Waals surface area contributed by atoms with Gasteiger partial charge in [0.1, 0.15) is 40.5 Å². The lowest BCUT2D eigenvalue weighted by Gasteiger charge is -2.37. The molecule has 3 atom stereocenters. The molecule has 1 fully saturated rings. The fourth-order valence-corrected chi connectivity index (χ4v) is 5.12. The van der Waals surface area contributed by atoms with Gasteiger partial charge in [-0.25, -0.2) is 4.79 Å². The molecule has 3 aromatic rings. The molecule has 5 nitrogen and oxygen atoms in total. The van der Waals surface area contributed by atoms with Crippen LogP contribution in [-0.2, 0) is 16.0 Å². The highest BCUT2D eigenvalue weighted by Crippen LogP contribution is 2.53. The number of furan rings is 1. The molecule has 41 heavy (non-hydrogen) atoms. The average Bonchev–Trinajstić information content (AvgIpc) is 3.44. The van der Waals surface area contributed by atoms with E-state index in [1.165, 1.54) is 36.4 Å². The van der Waals surface area contributed by atoms with Crippen LogP contribution in [0.25, 0.3) is 22.3 Å². The van der Waals surface area contributed by atoms with Crippen LogP contribution in [0.1, 0.15) is 51.5 Å². The second-order valence-electron chi connectivity index (χ2n) is 10.2. The van der Waals surface area contributed by atoms with Crippen molar-refractivity contribution in [2.24, 2.45) is 5.41 Å². The number of ether oxygens (including phenoxy) is 3. The van der Waals surface area contributed by atoms with Crippen molar-refractivity contribution in [1.82, 2.24) is 0 Å². The third-order valence-electron chi connectivity index (χ3n) is 7.44. The Hall–Kier alpha value is -3.63. The molecule has 2 aromatic carbocycles. The Morgan fingerprint density at radius 1 is 1.05 bits per heavy atom. The normalized spacial score (nSPS) is 21.2. The Morgan fingerprint density at radius 2 is 1.78 bits per heavy atom. The summed E-state index contributed by atoms with van der Waals surface area (Å²) in [6.45, 7) is 6.21. The molecule has 1 saturated carbocycles. The van der Waals surface area contributed by atoms with E-state index in [9.17, 15) is 31.1 Å². The van der Waals surface area contributed by atoms with Gasteiger partial charge in [0.2, 0.25) is 0 Å². The van der Waals surface area contributed by atoms with Crippen LogP contribution in [0.15, 0.2) is 59.5 Å². The van der Waals surface area contributed by atoms with Crippen molar-refractivity contribution in [2.75, 3.05) is 0 Å². The van der Waals surface area contributed by atoms with Crippen LogP contribution in [0.4, 0.5) is 26.3 Å².